The van der Waals surface area contributed by atoms with Crippen LogP contribution in [0, 0.1) is 13.8 Å². The summed E-state index contributed by atoms with van der Waals surface area (Å²) in [5, 5.41) is 11.3. The number of aryl methyl sites for hydroxylation is 2. The summed E-state index contributed by atoms with van der Waals surface area (Å²) in [5.41, 5.74) is 4.25. The van der Waals surface area contributed by atoms with Crippen LogP contribution >= 0.6 is 0 Å². The summed E-state index contributed by atoms with van der Waals surface area (Å²) in [6, 6.07) is 12.8. The number of ether oxygens (including phenoxy) is 2. The van der Waals surface area contributed by atoms with E-state index in [-0.39, 0.29) is 6.54 Å². The lowest BCUT2D eigenvalue weighted by Gasteiger charge is -2.10. The molecule has 164 valence electrons. The molecule has 0 aliphatic rings. The van der Waals surface area contributed by atoms with Crippen LogP contribution in [0.3, 0.4) is 0 Å². The Balaban J connectivity index is 1.59. The number of carbonyl (C=O) groups excluding carboxylic acids is 1. The zero-order chi connectivity index (χ0) is 22.8. The van der Waals surface area contributed by atoms with Gasteiger partial charge in [0.25, 0.3) is 5.56 Å². The van der Waals surface area contributed by atoms with E-state index in [1.165, 1.54) is 25.1 Å². The number of amides is 1. The quantitative estimate of drug-likeness (QED) is 0.502. The molecule has 9 heteroatoms. The second-order valence-corrected chi connectivity index (χ2v) is 7.42. The molecule has 0 aliphatic heterocycles. The van der Waals surface area contributed by atoms with Crippen LogP contribution in [-0.4, -0.2) is 39.5 Å². The van der Waals surface area contributed by atoms with Crippen molar-refractivity contribution in [3.63, 3.8) is 0 Å². The first-order chi connectivity index (χ1) is 15.4. The van der Waals surface area contributed by atoms with Gasteiger partial charge in [-0.2, -0.15) is 10.2 Å². The molecule has 2 aromatic heterocycles. The van der Waals surface area contributed by atoms with Crippen molar-refractivity contribution in [1.82, 2.24) is 19.4 Å². The van der Waals surface area contributed by atoms with E-state index >= 15 is 0 Å². The van der Waals surface area contributed by atoms with Gasteiger partial charge in [0.05, 0.1) is 19.9 Å². The average molecular weight is 433 g/mol. The molecule has 0 bridgehead atoms. The van der Waals surface area contributed by atoms with Gasteiger partial charge in [0.15, 0.2) is 0 Å². The molecule has 32 heavy (non-hydrogen) atoms. The van der Waals surface area contributed by atoms with E-state index in [0.29, 0.717) is 28.4 Å². The van der Waals surface area contributed by atoms with Crippen molar-refractivity contribution < 1.29 is 14.3 Å². The Hall–Kier alpha value is -4.14. The monoisotopic (exact) mass is 433 g/mol. The van der Waals surface area contributed by atoms with E-state index < -0.39 is 11.5 Å². The zero-order valence-electron chi connectivity index (χ0n) is 18.2. The van der Waals surface area contributed by atoms with E-state index in [4.69, 9.17) is 9.47 Å². The van der Waals surface area contributed by atoms with Gasteiger partial charge in [0.1, 0.15) is 29.9 Å². The Bertz CT molecular complexity index is 1350. The highest BCUT2D eigenvalue weighted by Gasteiger charge is 2.14. The Morgan fingerprint density at radius 3 is 2.41 bits per heavy atom. The number of fused-ring (bicyclic) bond motifs is 1. The van der Waals surface area contributed by atoms with Crippen LogP contribution in [-0.2, 0) is 11.3 Å². The lowest BCUT2D eigenvalue weighted by molar-refractivity contribution is -0.117. The fourth-order valence-corrected chi connectivity index (χ4v) is 3.50. The van der Waals surface area contributed by atoms with Crippen LogP contribution in [0.4, 0.5) is 5.69 Å². The van der Waals surface area contributed by atoms with Crippen molar-refractivity contribution in [2.24, 2.45) is 0 Å². The van der Waals surface area contributed by atoms with Crippen molar-refractivity contribution in [1.29, 1.82) is 0 Å². The molecular weight excluding hydrogens is 410 g/mol. The van der Waals surface area contributed by atoms with Crippen LogP contribution < -0.4 is 20.3 Å². The molecule has 9 nitrogen and oxygen atoms in total. The topological polar surface area (TPSA) is 99.8 Å². The number of nitrogens with zero attached hydrogens (tertiary/aromatic N) is 4. The van der Waals surface area contributed by atoms with E-state index in [1.807, 2.05) is 26.0 Å². The fourth-order valence-electron chi connectivity index (χ4n) is 3.50. The Morgan fingerprint density at radius 1 is 1.03 bits per heavy atom. The molecule has 0 spiro atoms. The molecule has 0 fully saturated rings. The molecule has 0 unspecified atom stereocenters. The maximum absolute atomic E-state index is 12.9. The normalized spacial score (nSPS) is 10.9. The Morgan fingerprint density at radius 2 is 1.75 bits per heavy atom. The van der Waals surface area contributed by atoms with Crippen LogP contribution in [0.15, 0.2) is 53.6 Å². The molecule has 0 aliphatic carbocycles. The summed E-state index contributed by atoms with van der Waals surface area (Å²) in [4.78, 5) is 25.5. The molecule has 0 atom stereocenters. The van der Waals surface area contributed by atoms with Gasteiger partial charge in [-0.15, -0.1) is 0 Å². The van der Waals surface area contributed by atoms with Gasteiger partial charge in [0.2, 0.25) is 5.91 Å². The standard InChI is InChI=1S/C23H23N5O4/c1-14-5-6-19(15(2)7-14)20-11-21-23(30)27(24-13-28(21)26-20)12-22(29)25-16-8-17(31-3)10-18(9-16)32-4/h5-11,13H,12H2,1-4H3,(H,25,29). The lowest BCUT2D eigenvalue weighted by atomic mass is 10.0. The molecule has 0 radical (unpaired) electrons. The minimum absolute atomic E-state index is 0.251. The SMILES string of the molecule is COc1cc(NC(=O)Cn2ncn3nc(-c4ccc(C)cc4C)cc3c2=O)cc(OC)c1. The molecule has 2 heterocycles. The lowest BCUT2D eigenvalue weighted by Crippen LogP contribution is -2.30. The first-order valence-electron chi connectivity index (χ1n) is 9.94. The molecular formula is C23H23N5O4. The number of methoxy groups -OCH3 is 2. The van der Waals surface area contributed by atoms with E-state index in [2.05, 4.69) is 21.6 Å². The third-order valence-electron chi connectivity index (χ3n) is 5.08. The highest BCUT2D eigenvalue weighted by molar-refractivity contribution is 5.91. The first kappa shape index (κ1) is 21.1. The van der Waals surface area contributed by atoms with Gasteiger partial charge >= 0.3 is 0 Å². The molecule has 4 aromatic rings. The fraction of sp³-hybridized carbons (Fsp3) is 0.217. The number of aromatic nitrogens is 4. The van der Waals surface area contributed by atoms with Crippen molar-refractivity contribution >= 4 is 17.1 Å². The predicted molar refractivity (Wildman–Crippen MR) is 120 cm³/mol. The summed E-state index contributed by atoms with van der Waals surface area (Å²) >= 11 is 0. The Kier molecular flexibility index (Phi) is 5.63. The summed E-state index contributed by atoms with van der Waals surface area (Å²) in [6.07, 6.45) is 1.42. The van der Waals surface area contributed by atoms with Crippen LogP contribution in [0.5, 0.6) is 11.5 Å². The largest absolute Gasteiger partial charge is 0.497 e. The number of hydrogen-bond donors (Lipinski definition) is 1. The van der Waals surface area contributed by atoms with Crippen LogP contribution in [0.25, 0.3) is 16.8 Å². The van der Waals surface area contributed by atoms with Crippen LogP contribution in [0.2, 0.25) is 0 Å². The smallest absolute Gasteiger partial charge is 0.293 e. The van der Waals surface area contributed by atoms with Gasteiger partial charge in [-0.25, -0.2) is 9.20 Å². The minimum Gasteiger partial charge on any atom is -0.497 e. The van der Waals surface area contributed by atoms with Gasteiger partial charge < -0.3 is 14.8 Å². The second-order valence-electron chi connectivity index (χ2n) is 7.42. The number of benzene rings is 2. The highest BCUT2D eigenvalue weighted by atomic mass is 16.5. The highest BCUT2D eigenvalue weighted by Crippen LogP contribution is 2.26. The van der Waals surface area contributed by atoms with Gasteiger partial charge in [-0.05, 0) is 25.5 Å². The third-order valence-corrected chi connectivity index (χ3v) is 5.08. The predicted octanol–water partition coefficient (Wildman–Crippen LogP) is 2.83. The summed E-state index contributed by atoms with van der Waals surface area (Å²) in [5.74, 6) is 0.664. The van der Waals surface area contributed by atoms with Crippen LogP contribution in [0.1, 0.15) is 11.1 Å². The number of anilines is 1. The number of hydrogen-bond acceptors (Lipinski definition) is 6. The molecule has 0 saturated carbocycles. The van der Waals surface area contributed by atoms with E-state index in [1.54, 1.807) is 24.3 Å². The van der Waals surface area contributed by atoms with Gasteiger partial charge in [-0.1, -0.05) is 23.8 Å². The molecule has 2 aromatic carbocycles. The van der Waals surface area contributed by atoms with Crippen molar-refractivity contribution in [3.05, 3.63) is 70.3 Å². The molecule has 0 saturated heterocycles. The minimum atomic E-state index is -0.409. The van der Waals surface area contributed by atoms with E-state index in [9.17, 15) is 9.59 Å². The zero-order valence-corrected chi connectivity index (χ0v) is 18.2. The molecule has 4 rings (SSSR count). The van der Waals surface area contributed by atoms with Gasteiger partial charge in [-0.3, -0.25) is 9.59 Å². The maximum atomic E-state index is 12.9. The molecule has 1 amide bonds. The number of rotatable bonds is 6. The number of carbonyl (C=O) groups is 1. The summed E-state index contributed by atoms with van der Waals surface area (Å²) < 4.78 is 13.0. The van der Waals surface area contributed by atoms with Crippen molar-refractivity contribution in [3.8, 4) is 22.8 Å². The second kappa shape index (κ2) is 8.54. The third kappa shape index (κ3) is 4.18. The van der Waals surface area contributed by atoms with Gasteiger partial charge in [0, 0.05) is 29.4 Å². The van der Waals surface area contributed by atoms with Crippen molar-refractivity contribution in [2.75, 3.05) is 19.5 Å². The first-order valence-corrected chi connectivity index (χ1v) is 9.94. The summed E-state index contributed by atoms with van der Waals surface area (Å²) in [7, 11) is 3.05. The van der Waals surface area contributed by atoms with E-state index in [0.717, 1.165) is 21.4 Å². The summed E-state index contributed by atoms with van der Waals surface area (Å²) in [6.45, 7) is 3.77. The maximum Gasteiger partial charge on any atom is 0.293 e. The average Bonchev–Trinajstić information content (AvgIpc) is 3.20. The Labute approximate surface area is 184 Å². The number of nitrogens with one attached hydrogen (secondary N) is 1. The van der Waals surface area contributed by atoms with Crippen molar-refractivity contribution in [2.45, 2.75) is 20.4 Å². The molecule has 1 N–H and O–H groups in total.